The molecule has 0 aliphatic carbocycles. The van der Waals surface area contributed by atoms with Gasteiger partial charge in [-0.1, -0.05) is 64.5 Å². The molecule has 2 nitrogen and oxygen atoms in total. The highest BCUT2D eigenvalue weighted by Gasteiger charge is 2.15. The molecule has 3 N–H and O–H groups in total. The van der Waals surface area contributed by atoms with Crippen molar-refractivity contribution in [1.29, 1.82) is 0 Å². The summed E-state index contributed by atoms with van der Waals surface area (Å²) in [6.07, 6.45) is 0. The lowest BCUT2D eigenvalue weighted by atomic mass is 9.92. The van der Waals surface area contributed by atoms with E-state index in [-0.39, 0.29) is 5.75 Å². The van der Waals surface area contributed by atoms with E-state index >= 15 is 0 Å². The summed E-state index contributed by atoms with van der Waals surface area (Å²) in [6.45, 7) is 0. The monoisotopic (exact) mass is 363 g/mol. The molecule has 0 saturated heterocycles. The second kappa shape index (κ2) is 5.28. The fourth-order valence-electron chi connectivity index (χ4n) is 3.10. The molecule has 0 fully saturated rings. The van der Waals surface area contributed by atoms with Crippen LogP contribution in [0.25, 0.3) is 32.7 Å². The maximum Gasteiger partial charge on any atom is 0.146 e. The van der Waals surface area contributed by atoms with Gasteiger partial charge in [0, 0.05) is 10.0 Å². The van der Waals surface area contributed by atoms with Gasteiger partial charge in [-0.15, -0.1) is 0 Å². The Balaban J connectivity index is 2.18. The van der Waals surface area contributed by atoms with Gasteiger partial charge in [0.25, 0.3) is 0 Å². The maximum atomic E-state index is 10.6. The van der Waals surface area contributed by atoms with Gasteiger partial charge >= 0.3 is 0 Å². The summed E-state index contributed by atoms with van der Waals surface area (Å²) in [7, 11) is 0. The van der Waals surface area contributed by atoms with E-state index in [1.165, 1.54) is 0 Å². The Morgan fingerprint density at radius 3 is 2.43 bits per heavy atom. The predicted molar refractivity (Wildman–Crippen MR) is 101 cm³/mol. The van der Waals surface area contributed by atoms with Crippen molar-refractivity contribution in [2.24, 2.45) is 0 Å². The van der Waals surface area contributed by atoms with Crippen molar-refractivity contribution in [3.63, 3.8) is 0 Å². The second-order valence-corrected chi connectivity index (χ2v) is 6.50. The topological polar surface area (TPSA) is 46.2 Å². The van der Waals surface area contributed by atoms with Gasteiger partial charge in [0.1, 0.15) is 5.75 Å². The molecule has 0 saturated carbocycles. The molecule has 4 aromatic rings. The van der Waals surface area contributed by atoms with E-state index in [0.717, 1.165) is 37.1 Å². The summed E-state index contributed by atoms with van der Waals surface area (Å²) in [5.74, 6) is 0.135. The van der Waals surface area contributed by atoms with Crippen LogP contribution in [0.2, 0.25) is 0 Å². The number of anilines is 1. The zero-order valence-corrected chi connectivity index (χ0v) is 13.8. The first kappa shape index (κ1) is 14.1. The molecule has 0 amide bonds. The van der Waals surface area contributed by atoms with Crippen LogP contribution in [-0.2, 0) is 0 Å². The lowest BCUT2D eigenvalue weighted by molar-refractivity contribution is 0.481. The molecule has 0 aromatic heterocycles. The van der Waals surface area contributed by atoms with Crippen LogP contribution < -0.4 is 5.73 Å². The molecule has 23 heavy (non-hydrogen) atoms. The molecule has 112 valence electrons. The third-order valence-corrected chi connectivity index (χ3v) is 4.66. The van der Waals surface area contributed by atoms with Crippen LogP contribution in [-0.4, -0.2) is 5.11 Å². The first-order valence-corrected chi connectivity index (χ1v) is 8.13. The fraction of sp³-hybridized carbons (Fsp3) is 0. The van der Waals surface area contributed by atoms with Crippen molar-refractivity contribution >= 4 is 43.2 Å². The number of nitrogens with two attached hydrogens (primary N) is 1. The van der Waals surface area contributed by atoms with Gasteiger partial charge < -0.3 is 10.8 Å². The first-order valence-electron chi connectivity index (χ1n) is 7.34. The van der Waals surface area contributed by atoms with E-state index in [0.29, 0.717) is 5.69 Å². The third-order valence-electron chi connectivity index (χ3n) is 4.16. The smallest absolute Gasteiger partial charge is 0.146 e. The summed E-state index contributed by atoms with van der Waals surface area (Å²) >= 11 is 3.49. The van der Waals surface area contributed by atoms with E-state index in [2.05, 4.69) is 34.1 Å². The molecule has 0 bridgehead atoms. The zero-order chi connectivity index (χ0) is 16.0. The summed E-state index contributed by atoms with van der Waals surface area (Å²) in [6, 6.07) is 22.1. The quantitative estimate of drug-likeness (QED) is 0.336. The number of rotatable bonds is 1. The SMILES string of the molecule is Nc1cc2cc(Br)ccc2c(-c2cccc3ccccc23)c1O. The zero-order valence-electron chi connectivity index (χ0n) is 12.3. The lowest BCUT2D eigenvalue weighted by Gasteiger charge is -2.14. The Bertz CT molecular complexity index is 1050. The minimum Gasteiger partial charge on any atom is -0.505 e. The molecule has 0 aliphatic rings. The van der Waals surface area contributed by atoms with Gasteiger partial charge in [-0.2, -0.15) is 0 Å². The number of phenols is 1. The summed E-state index contributed by atoms with van der Waals surface area (Å²) < 4.78 is 0.985. The van der Waals surface area contributed by atoms with E-state index in [9.17, 15) is 5.11 Å². The highest BCUT2D eigenvalue weighted by atomic mass is 79.9. The van der Waals surface area contributed by atoms with Crippen LogP contribution in [0.15, 0.2) is 71.2 Å². The van der Waals surface area contributed by atoms with Crippen LogP contribution in [0.5, 0.6) is 5.75 Å². The van der Waals surface area contributed by atoms with Gasteiger partial charge in [0.2, 0.25) is 0 Å². The Hall–Kier alpha value is -2.52. The van der Waals surface area contributed by atoms with Crippen molar-refractivity contribution in [2.75, 3.05) is 5.73 Å². The van der Waals surface area contributed by atoms with Crippen LogP contribution in [0.4, 0.5) is 5.69 Å². The van der Waals surface area contributed by atoms with Crippen molar-refractivity contribution in [2.45, 2.75) is 0 Å². The minimum absolute atomic E-state index is 0.135. The molecule has 0 heterocycles. The summed E-state index contributed by atoms with van der Waals surface area (Å²) in [5, 5.41) is 14.9. The van der Waals surface area contributed by atoms with Crippen LogP contribution >= 0.6 is 15.9 Å². The predicted octanol–water partition coefficient (Wildman–Crippen LogP) is 5.71. The number of nitrogen functional groups attached to an aromatic ring is 1. The van der Waals surface area contributed by atoms with Gasteiger partial charge in [0.05, 0.1) is 5.69 Å². The molecule has 0 atom stereocenters. The van der Waals surface area contributed by atoms with E-state index in [1.54, 1.807) is 0 Å². The summed E-state index contributed by atoms with van der Waals surface area (Å²) in [4.78, 5) is 0. The number of fused-ring (bicyclic) bond motifs is 2. The van der Waals surface area contributed by atoms with Crippen molar-refractivity contribution in [3.05, 3.63) is 71.2 Å². The molecular weight excluding hydrogens is 350 g/mol. The third kappa shape index (κ3) is 2.25. The highest BCUT2D eigenvalue weighted by Crippen LogP contribution is 2.43. The fourth-order valence-corrected chi connectivity index (χ4v) is 3.48. The van der Waals surface area contributed by atoms with Gasteiger partial charge in [-0.05, 0) is 45.3 Å². The van der Waals surface area contributed by atoms with Crippen molar-refractivity contribution in [1.82, 2.24) is 0 Å². The molecule has 0 aliphatic heterocycles. The number of halogens is 1. The summed E-state index contributed by atoms with van der Waals surface area (Å²) in [5.41, 5.74) is 8.21. The standard InChI is InChI=1S/C20H14BrNO/c21-14-8-9-16-13(10-14)11-18(22)20(23)19(16)17-7-3-5-12-4-1-2-6-15(12)17/h1-11,23H,22H2. The Labute approximate surface area is 142 Å². The van der Waals surface area contributed by atoms with Crippen LogP contribution in [0.1, 0.15) is 0 Å². The lowest BCUT2D eigenvalue weighted by Crippen LogP contribution is -1.91. The molecule has 0 radical (unpaired) electrons. The van der Waals surface area contributed by atoms with Crippen LogP contribution in [0, 0.1) is 0 Å². The maximum absolute atomic E-state index is 10.6. The van der Waals surface area contributed by atoms with Crippen molar-refractivity contribution in [3.8, 4) is 16.9 Å². The van der Waals surface area contributed by atoms with Crippen LogP contribution in [0.3, 0.4) is 0 Å². The minimum atomic E-state index is 0.135. The normalized spacial score (nSPS) is 11.2. The van der Waals surface area contributed by atoms with Gasteiger partial charge in [-0.25, -0.2) is 0 Å². The Kier molecular flexibility index (Phi) is 3.24. The Morgan fingerprint density at radius 1 is 0.783 bits per heavy atom. The largest absolute Gasteiger partial charge is 0.505 e. The number of hydrogen-bond donors (Lipinski definition) is 2. The highest BCUT2D eigenvalue weighted by molar-refractivity contribution is 9.10. The Morgan fingerprint density at radius 2 is 1.57 bits per heavy atom. The van der Waals surface area contributed by atoms with E-state index in [4.69, 9.17) is 5.73 Å². The number of aromatic hydroxyl groups is 1. The first-order chi connectivity index (χ1) is 11.1. The van der Waals surface area contributed by atoms with Gasteiger partial charge in [-0.3, -0.25) is 0 Å². The van der Waals surface area contributed by atoms with Gasteiger partial charge in [0.15, 0.2) is 0 Å². The molecule has 0 spiro atoms. The second-order valence-electron chi connectivity index (χ2n) is 5.58. The molecule has 0 unspecified atom stereocenters. The van der Waals surface area contributed by atoms with E-state index < -0.39 is 0 Å². The van der Waals surface area contributed by atoms with E-state index in [1.807, 2.05) is 48.5 Å². The molecular formula is C20H14BrNO. The average Bonchev–Trinajstić information content (AvgIpc) is 2.56. The number of hydrogen-bond acceptors (Lipinski definition) is 2. The molecule has 3 heteroatoms. The average molecular weight is 364 g/mol. The number of benzene rings is 4. The molecule has 4 rings (SSSR count). The number of phenolic OH excluding ortho intramolecular Hbond substituents is 1. The molecule has 4 aromatic carbocycles. The van der Waals surface area contributed by atoms with Crippen molar-refractivity contribution < 1.29 is 5.11 Å².